The number of urea groups is 1. The van der Waals surface area contributed by atoms with Gasteiger partial charge in [-0.2, -0.15) is 0 Å². The second-order valence-electron chi connectivity index (χ2n) is 3.91. The van der Waals surface area contributed by atoms with Crippen molar-refractivity contribution in [3.8, 4) is 0 Å². The molecule has 3 amide bonds. The van der Waals surface area contributed by atoms with Crippen LogP contribution in [0.4, 0.5) is 4.79 Å². The number of hydrogen-bond acceptors (Lipinski definition) is 5. The smallest absolute Gasteiger partial charge is 0.321 e. The van der Waals surface area contributed by atoms with Crippen LogP contribution >= 0.6 is 0 Å². The monoisotopic (exact) mass is 269 g/mol. The molecule has 1 rings (SSSR count). The van der Waals surface area contributed by atoms with Gasteiger partial charge in [0.15, 0.2) is 5.76 Å². The lowest BCUT2D eigenvalue weighted by atomic mass is 10.2. The molecule has 0 aliphatic heterocycles. The van der Waals surface area contributed by atoms with Gasteiger partial charge in [-0.1, -0.05) is 5.16 Å². The predicted octanol–water partition coefficient (Wildman–Crippen LogP) is 0.564. The molecular weight excluding hydrogens is 254 g/mol. The van der Waals surface area contributed by atoms with E-state index in [1.165, 1.54) is 0 Å². The van der Waals surface area contributed by atoms with Crippen molar-refractivity contribution in [1.82, 2.24) is 15.8 Å². The molecule has 0 aliphatic rings. The molecule has 1 heterocycles. The summed E-state index contributed by atoms with van der Waals surface area (Å²) >= 11 is 0. The van der Waals surface area contributed by atoms with Crippen molar-refractivity contribution in [2.24, 2.45) is 0 Å². The summed E-state index contributed by atoms with van der Waals surface area (Å²) in [6.45, 7) is 1.87. The van der Waals surface area contributed by atoms with Crippen molar-refractivity contribution in [2.75, 3.05) is 0 Å². The summed E-state index contributed by atoms with van der Waals surface area (Å²) in [5.41, 5.74) is 0.696. The van der Waals surface area contributed by atoms with Crippen LogP contribution in [0.2, 0.25) is 0 Å². The average molecular weight is 269 g/mol. The lowest BCUT2D eigenvalue weighted by Crippen LogP contribution is -2.38. The van der Waals surface area contributed by atoms with Crippen molar-refractivity contribution in [2.45, 2.75) is 32.7 Å². The van der Waals surface area contributed by atoms with E-state index in [-0.39, 0.29) is 25.8 Å². The van der Waals surface area contributed by atoms with Gasteiger partial charge in [-0.05, 0) is 13.3 Å². The number of carboxylic acid groups (broad SMARTS) is 1. The Hall–Kier alpha value is -2.38. The fourth-order valence-electron chi connectivity index (χ4n) is 1.30. The van der Waals surface area contributed by atoms with Crippen LogP contribution in [0.5, 0.6) is 0 Å². The molecule has 0 saturated carbocycles. The van der Waals surface area contributed by atoms with E-state index in [0.29, 0.717) is 11.5 Å². The molecule has 0 aromatic carbocycles. The summed E-state index contributed by atoms with van der Waals surface area (Å²) in [7, 11) is 0. The first-order valence-electron chi connectivity index (χ1n) is 5.69. The maximum atomic E-state index is 11.3. The maximum Gasteiger partial charge on any atom is 0.321 e. The van der Waals surface area contributed by atoms with Crippen molar-refractivity contribution in [3.05, 3.63) is 17.5 Å². The van der Waals surface area contributed by atoms with E-state index in [1.54, 1.807) is 13.0 Å². The molecule has 8 heteroatoms. The SMILES string of the molecule is Cc1cc(CNC(=O)NC(=O)CCCC(=O)O)on1. The third kappa shape index (κ3) is 6.20. The van der Waals surface area contributed by atoms with E-state index < -0.39 is 17.9 Å². The molecule has 0 fully saturated rings. The van der Waals surface area contributed by atoms with E-state index >= 15 is 0 Å². The van der Waals surface area contributed by atoms with Gasteiger partial charge in [0.1, 0.15) is 0 Å². The van der Waals surface area contributed by atoms with Crippen molar-refractivity contribution in [1.29, 1.82) is 0 Å². The summed E-state index contributed by atoms with van der Waals surface area (Å²) in [5, 5.41) is 16.5. The molecule has 0 atom stereocenters. The van der Waals surface area contributed by atoms with Gasteiger partial charge in [-0.3, -0.25) is 14.9 Å². The predicted molar refractivity (Wildman–Crippen MR) is 63.1 cm³/mol. The number of aromatic nitrogens is 1. The quantitative estimate of drug-likeness (QED) is 0.693. The molecule has 0 aliphatic carbocycles. The molecule has 1 aromatic heterocycles. The normalized spacial score (nSPS) is 9.95. The number of amides is 3. The highest BCUT2D eigenvalue weighted by Gasteiger charge is 2.09. The largest absolute Gasteiger partial charge is 0.481 e. The van der Waals surface area contributed by atoms with Gasteiger partial charge in [0.2, 0.25) is 5.91 Å². The van der Waals surface area contributed by atoms with Crippen LogP contribution < -0.4 is 10.6 Å². The third-order valence-corrected chi connectivity index (χ3v) is 2.15. The number of carbonyl (C=O) groups excluding carboxylic acids is 2. The highest BCUT2D eigenvalue weighted by atomic mass is 16.5. The zero-order chi connectivity index (χ0) is 14.3. The van der Waals surface area contributed by atoms with Crippen LogP contribution in [0.3, 0.4) is 0 Å². The molecule has 3 N–H and O–H groups in total. The van der Waals surface area contributed by atoms with Gasteiger partial charge < -0.3 is 14.9 Å². The number of hydrogen-bond donors (Lipinski definition) is 3. The van der Waals surface area contributed by atoms with Crippen molar-refractivity contribution >= 4 is 17.9 Å². The highest BCUT2D eigenvalue weighted by molar-refractivity contribution is 5.94. The Morgan fingerprint density at radius 1 is 1.37 bits per heavy atom. The second kappa shape index (κ2) is 7.14. The van der Waals surface area contributed by atoms with Crippen LogP contribution in [0, 0.1) is 6.92 Å². The van der Waals surface area contributed by atoms with Crippen LogP contribution in [0.25, 0.3) is 0 Å². The van der Waals surface area contributed by atoms with Gasteiger partial charge in [-0.15, -0.1) is 0 Å². The van der Waals surface area contributed by atoms with E-state index in [0.717, 1.165) is 0 Å². The molecule has 0 radical (unpaired) electrons. The van der Waals surface area contributed by atoms with Crippen LogP contribution in [-0.4, -0.2) is 28.2 Å². The zero-order valence-corrected chi connectivity index (χ0v) is 10.4. The summed E-state index contributed by atoms with van der Waals surface area (Å²) in [6.07, 6.45) is 0.0727. The number of carboxylic acids is 1. The molecule has 0 spiro atoms. The number of aryl methyl sites for hydroxylation is 1. The molecule has 19 heavy (non-hydrogen) atoms. The Morgan fingerprint density at radius 3 is 2.68 bits per heavy atom. The highest BCUT2D eigenvalue weighted by Crippen LogP contribution is 2.00. The molecule has 0 saturated heterocycles. The zero-order valence-electron chi connectivity index (χ0n) is 10.4. The molecule has 104 valence electrons. The first kappa shape index (κ1) is 14.7. The summed E-state index contributed by atoms with van der Waals surface area (Å²) in [6, 6.07) is 1.00. The summed E-state index contributed by atoms with van der Waals surface area (Å²) in [5.74, 6) is -1.02. The topological polar surface area (TPSA) is 122 Å². The summed E-state index contributed by atoms with van der Waals surface area (Å²) < 4.78 is 4.87. The van der Waals surface area contributed by atoms with Crippen LogP contribution in [-0.2, 0) is 16.1 Å². The number of carbonyl (C=O) groups is 3. The Bertz CT molecular complexity index is 469. The Balaban J connectivity index is 2.19. The molecule has 8 nitrogen and oxygen atoms in total. The van der Waals surface area contributed by atoms with Crippen LogP contribution in [0.1, 0.15) is 30.7 Å². The lowest BCUT2D eigenvalue weighted by molar-refractivity contribution is -0.137. The third-order valence-electron chi connectivity index (χ3n) is 2.15. The number of aliphatic carboxylic acids is 1. The first-order valence-corrected chi connectivity index (χ1v) is 5.69. The number of imide groups is 1. The first-order chi connectivity index (χ1) is 8.97. The molecule has 0 bridgehead atoms. The average Bonchev–Trinajstić information content (AvgIpc) is 2.72. The van der Waals surface area contributed by atoms with E-state index in [4.69, 9.17) is 9.63 Å². The number of nitrogens with zero attached hydrogens (tertiary/aromatic N) is 1. The Labute approximate surface area is 109 Å². The Kier molecular flexibility index (Phi) is 5.52. The molecule has 0 unspecified atom stereocenters. The summed E-state index contributed by atoms with van der Waals surface area (Å²) in [4.78, 5) is 32.8. The lowest BCUT2D eigenvalue weighted by Gasteiger charge is -2.04. The van der Waals surface area contributed by atoms with Gasteiger partial charge >= 0.3 is 12.0 Å². The Morgan fingerprint density at radius 2 is 2.11 bits per heavy atom. The van der Waals surface area contributed by atoms with Crippen molar-refractivity contribution in [3.63, 3.8) is 0 Å². The van der Waals surface area contributed by atoms with Gasteiger partial charge in [0, 0.05) is 18.9 Å². The second-order valence-corrected chi connectivity index (χ2v) is 3.91. The minimum Gasteiger partial charge on any atom is -0.481 e. The van der Waals surface area contributed by atoms with Crippen molar-refractivity contribution < 1.29 is 24.0 Å². The minimum atomic E-state index is -0.974. The van der Waals surface area contributed by atoms with Gasteiger partial charge in [0.05, 0.1) is 12.2 Å². The van der Waals surface area contributed by atoms with E-state index in [9.17, 15) is 14.4 Å². The molecule has 1 aromatic rings. The van der Waals surface area contributed by atoms with Gasteiger partial charge in [0.25, 0.3) is 0 Å². The molecular formula is C11H15N3O5. The standard InChI is InChI=1S/C11H15N3O5/c1-7-5-8(19-14-7)6-12-11(18)13-9(15)3-2-4-10(16)17/h5H,2-4,6H2,1H3,(H,16,17)(H2,12,13,15,18). The fourth-order valence-corrected chi connectivity index (χ4v) is 1.30. The minimum absolute atomic E-state index is 0.0128. The number of rotatable bonds is 6. The van der Waals surface area contributed by atoms with Crippen LogP contribution in [0.15, 0.2) is 10.6 Å². The van der Waals surface area contributed by atoms with E-state index in [1.807, 2.05) is 0 Å². The van der Waals surface area contributed by atoms with Gasteiger partial charge in [-0.25, -0.2) is 4.79 Å². The maximum absolute atomic E-state index is 11.3. The number of nitrogens with one attached hydrogen (secondary N) is 2. The fraction of sp³-hybridized carbons (Fsp3) is 0.455. The van der Waals surface area contributed by atoms with E-state index in [2.05, 4.69) is 15.8 Å².